The molecule has 24 heavy (non-hydrogen) atoms. The molecule has 3 heterocycles. The molecule has 0 aliphatic carbocycles. The van der Waals surface area contributed by atoms with Gasteiger partial charge >= 0.3 is 0 Å². The minimum absolute atomic E-state index is 0.0117. The fraction of sp³-hybridized carbons (Fsp3) is 0.583. The fourth-order valence-electron chi connectivity index (χ4n) is 2.54. The topological polar surface area (TPSA) is 180 Å². The third kappa shape index (κ3) is 2.76. The molecule has 11 nitrogen and oxygen atoms in total. The lowest BCUT2D eigenvalue weighted by Gasteiger charge is -2.19. The van der Waals surface area contributed by atoms with Crippen LogP contribution in [0.2, 0.25) is 0 Å². The van der Waals surface area contributed by atoms with E-state index in [0.717, 1.165) is 11.8 Å². The predicted octanol–water partition coefficient (Wildman–Crippen LogP) is -2.60. The normalized spacial score (nSPS) is 27.2. The molecule has 0 radical (unpaired) electrons. The molecule has 2 aromatic rings. The van der Waals surface area contributed by atoms with Crippen LogP contribution in [-0.4, -0.2) is 77.2 Å². The monoisotopic (exact) mass is 359 g/mol. The minimum Gasteiger partial charge on any atom is -0.396 e. The number of aromatic nitrogens is 4. The average Bonchev–Trinajstić information content (AvgIpc) is 3.04. The van der Waals surface area contributed by atoms with Gasteiger partial charge in [0.05, 0.1) is 13.2 Å². The molecule has 1 saturated heterocycles. The van der Waals surface area contributed by atoms with E-state index >= 15 is 0 Å². The number of aromatic amines is 1. The maximum absolute atomic E-state index is 12.0. The number of imidazole rings is 1. The summed E-state index contributed by atoms with van der Waals surface area (Å²) in [6.07, 6.45) is -4.78. The zero-order chi connectivity index (χ0) is 17.4. The fourth-order valence-corrected chi connectivity index (χ4v) is 3.30. The molecule has 1 fully saturated rings. The SMILES string of the molecule is Nc1nc2c(nc(SCCO)n2[C@@H]2O[C@H](CO)[C@@H](O)[C@H]2O)c(=O)[nH]1. The maximum atomic E-state index is 12.0. The van der Waals surface area contributed by atoms with Gasteiger partial charge in [-0.05, 0) is 0 Å². The Hall–Kier alpha value is -1.70. The van der Waals surface area contributed by atoms with Crippen LogP contribution in [0.1, 0.15) is 6.23 Å². The summed E-state index contributed by atoms with van der Waals surface area (Å²) < 4.78 is 6.83. The van der Waals surface area contributed by atoms with Crippen LogP contribution < -0.4 is 11.3 Å². The summed E-state index contributed by atoms with van der Waals surface area (Å²) in [6, 6.07) is 0. The zero-order valence-electron chi connectivity index (χ0n) is 12.4. The van der Waals surface area contributed by atoms with Crippen LogP contribution in [0.15, 0.2) is 9.95 Å². The summed E-state index contributed by atoms with van der Waals surface area (Å²) in [4.78, 5) is 22.5. The summed E-state index contributed by atoms with van der Waals surface area (Å²) in [5.74, 6) is 0.144. The number of nitrogens with one attached hydrogen (secondary N) is 1. The Kier molecular flexibility index (Phi) is 4.76. The molecule has 7 N–H and O–H groups in total. The van der Waals surface area contributed by atoms with Gasteiger partial charge in [0.2, 0.25) is 5.95 Å². The van der Waals surface area contributed by atoms with Crippen LogP contribution in [0, 0.1) is 0 Å². The van der Waals surface area contributed by atoms with Gasteiger partial charge in [0, 0.05) is 5.75 Å². The van der Waals surface area contributed by atoms with E-state index in [2.05, 4.69) is 15.0 Å². The third-order valence-electron chi connectivity index (χ3n) is 3.63. The van der Waals surface area contributed by atoms with Crippen LogP contribution in [-0.2, 0) is 4.74 Å². The number of H-pyrrole nitrogens is 1. The molecule has 0 aromatic carbocycles. The molecule has 3 rings (SSSR count). The molecule has 132 valence electrons. The van der Waals surface area contributed by atoms with Crippen molar-refractivity contribution in [1.29, 1.82) is 0 Å². The quantitative estimate of drug-likeness (QED) is 0.310. The first-order chi connectivity index (χ1) is 11.5. The summed E-state index contributed by atoms with van der Waals surface area (Å²) in [5, 5.41) is 38.7. The van der Waals surface area contributed by atoms with Gasteiger partial charge < -0.3 is 30.9 Å². The van der Waals surface area contributed by atoms with Crippen molar-refractivity contribution in [2.75, 3.05) is 24.7 Å². The van der Waals surface area contributed by atoms with Crippen LogP contribution in [0.25, 0.3) is 11.2 Å². The molecule has 1 aliphatic heterocycles. The molecule has 0 spiro atoms. The van der Waals surface area contributed by atoms with E-state index in [1.54, 1.807) is 0 Å². The highest BCUT2D eigenvalue weighted by molar-refractivity contribution is 7.99. The Morgan fingerprint density at radius 3 is 2.67 bits per heavy atom. The van der Waals surface area contributed by atoms with Crippen LogP contribution in [0.5, 0.6) is 0 Å². The standard InChI is InChI=1S/C12H17N5O6S/c13-11-15-8-5(9(22)16-11)14-12(24-2-1-18)17(8)10-7(21)6(20)4(3-19)23-10/h4,6-7,10,18-21H,1-3H2,(H3,13,15,16,22)/t4-,6-,7-,10-/m1/s1. The Morgan fingerprint density at radius 1 is 1.29 bits per heavy atom. The summed E-state index contributed by atoms with van der Waals surface area (Å²) >= 11 is 1.12. The van der Waals surface area contributed by atoms with Gasteiger partial charge in [-0.2, -0.15) is 4.98 Å². The smallest absolute Gasteiger partial charge is 0.280 e. The van der Waals surface area contributed by atoms with Crippen LogP contribution in [0.3, 0.4) is 0 Å². The predicted molar refractivity (Wildman–Crippen MR) is 83.4 cm³/mol. The Labute approximate surface area is 139 Å². The number of fused-ring (bicyclic) bond motifs is 1. The Balaban J connectivity index is 2.15. The van der Waals surface area contributed by atoms with Gasteiger partial charge in [0.25, 0.3) is 5.56 Å². The van der Waals surface area contributed by atoms with E-state index in [1.165, 1.54) is 4.57 Å². The van der Waals surface area contributed by atoms with Crippen molar-refractivity contribution in [3.63, 3.8) is 0 Å². The number of ether oxygens (including phenoxy) is 1. The average molecular weight is 359 g/mol. The molecule has 0 saturated carbocycles. The largest absolute Gasteiger partial charge is 0.396 e. The van der Waals surface area contributed by atoms with Crippen molar-refractivity contribution < 1.29 is 25.2 Å². The van der Waals surface area contributed by atoms with Gasteiger partial charge in [-0.25, -0.2) is 4.98 Å². The van der Waals surface area contributed by atoms with Gasteiger partial charge in [0.1, 0.15) is 18.3 Å². The number of anilines is 1. The van der Waals surface area contributed by atoms with Crippen LogP contribution >= 0.6 is 11.8 Å². The summed E-state index contributed by atoms with van der Waals surface area (Å²) in [7, 11) is 0. The van der Waals surface area contributed by atoms with E-state index < -0.39 is 36.7 Å². The number of hydrogen-bond acceptors (Lipinski definition) is 10. The molecule has 4 atom stereocenters. The minimum atomic E-state index is -1.37. The number of aliphatic hydroxyl groups is 4. The second kappa shape index (κ2) is 6.66. The van der Waals surface area contributed by atoms with Gasteiger partial charge in [0.15, 0.2) is 22.5 Å². The summed E-state index contributed by atoms with van der Waals surface area (Å²) in [6.45, 7) is -0.619. The van der Waals surface area contributed by atoms with E-state index in [0.29, 0.717) is 0 Å². The van der Waals surface area contributed by atoms with E-state index in [1.807, 2.05) is 0 Å². The molecule has 2 aromatic heterocycles. The van der Waals surface area contributed by atoms with Crippen molar-refractivity contribution in [2.24, 2.45) is 0 Å². The number of nitrogens with two attached hydrogens (primary N) is 1. The molecule has 1 aliphatic rings. The molecular weight excluding hydrogens is 342 g/mol. The van der Waals surface area contributed by atoms with Gasteiger partial charge in [-0.15, -0.1) is 0 Å². The lowest BCUT2D eigenvalue weighted by molar-refractivity contribution is -0.0548. The molecular formula is C12H17N5O6S. The van der Waals surface area contributed by atoms with E-state index in [-0.39, 0.29) is 34.6 Å². The Morgan fingerprint density at radius 2 is 2.04 bits per heavy atom. The lowest BCUT2D eigenvalue weighted by Crippen LogP contribution is -2.33. The Bertz CT molecular complexity index is 794. The van der Waals surface area contributed by atoms with Gasteiger partial charge in [-0.3, -0.25) is 14.3 Å². The number of thioether (sulfide) groups is 1. The summed E-state index contributed by atoms with van der Waals surface area (Å²) in [5.41, 5.74) is 5.07. The van der Waals surface area contributed by atoms with Crippen molar-refractivity contribution >= 4 is 28.9 Å². The molecule has 12 heteroatoms. The van der Waals surface area contributed by atoms with E-state index in [9.17, 15) is 20.1 Å². The number of hydrogen-bond donors (Lipinski definition) is 6. The highest BCUT2D eigenvalue weighted by Crippen LogP contribution is 2.35. The number of aliphatic hydroxyl groups excluding tert-OH is 4. The lowest BCUT2D eigenvalue weighted by atomic mass is 10.1. The first kappa shape index (κ1) is 17.1. The third-order valence-corrected chi connectivity index (χ3v) is 4.56. The molecule has 0 unspecified atom stereocenters. The molecule has 0 bridgehead atoms. The van der Waals surface area contributed by atoms with Gasteiger partial charge in [-0.1, -0.05) is 11.8 Å². The number of nitrogens with zero attached hydrogens (tertiary/aromatic N) is 3. The number of nitrogen functional groups attached to an aromatic ring is 1. The maximum Gasteiger partial charge on any atom is 0.280 e. The number of rotatable bonds is 5. The van der Waals surface area contributed by atoms with Crippen molar-refractivity contribution in [3.05, 3.63) is 10.4 Å². The highest BCUT2D eigenvalue weighted by atomic mass is 32.2. The van der Waals surface area contributed by atoms with Crippen molar-refractivity contribution in [2.45, 2.75) is 29.7 Å². The second-order valence-electron chi connectivity index (χ2n) is 5.19. The highest BCUT2D eigenvalue weighted by Gasteiger charge is 2.45. The first-order valence-corrected chi connectivity index (χ1v) is 8.10. The second-order valence-corrected chi connectivity index (χ2v) is 6.25. The molecule has 0 amide bonds. The van der Waals surface area contributed by atoms with Crippen molar-refractivity contribution in [1.82, 2.24) is 19.5 Å². The van der Waals surface area contributed by atoms with E-state index in [4.69, 9.17) is 15.6 Å². The van der Waals surface area contributed by atoms with Crippen LogP contribution in [0.4, 0.5) is 5.95 Å². The van der Waals surface area contributed by atoms with Crippen molar-refractivity contribution in [3.8, 4) is 0 Å². The first-order valence-electron chi connectivity index (χ1n) is 7.11. The zero-order valence-corrected chi connectivity index (χ0v) is 13.2.